The van der Waals surface area contributed by atoms with E-state index in [1.54, 1.807) is 31.8 Å². The Bertz CT molecular complexity index is 775. The molecule has 0 saturated heterocycles. The van der Waals surface area contributed by atoms with E-state index in [4.69, 9.17) is 4.74 Å². The predicted octanol–water partition coefficient (Wildman–Crippen LogP) is 2.25. The SMILES string of the molecule is COc1cncc([C@H](NC(=O)c2ccnc(C(C)C)n2)C2CC(O)C2)c1. The Morgan fingerprint density at radius 2 is 2.12 bits per heavy atom. The first-order chi connectivity index (χ1) is 12.5. The van der Waals surface area contributed by atoms with E-state index in [-0.39, 0.29) is 29.9 Å². The monoisotopic (exact) mass is 356 g/mol. The molecular formula is C19H24N4O3. The van der Waals surface area contributed by atoms with Crippen LogP contribution in [0.5, 0.6) is 5.75 Å². The minimum Gasteiger partial charge on any atom is -0.495 e. The molecule has 1 amide bonds. The zero-order valence-corrected chi connectivity index (χ0v) is 15.2. The summed E-state index contributed by atoms with van der Waals surface area (Å²) in [7, 11) is 1.58. The number of pyridine rings is 1. The Morgan fingerprint density at radius 1 is 1.35 bits per heavy atom. The van der Waals surface area contributed by atoms with Gasteiger partial charge in [0.1, 0.15) is 17.3 Å². The lowest BCUT2D eigenvalue weighted by Crippen LogP contribution is -2.41. The van der Waals surface area contributed by atoms with Crippen molar-refractivity contribution in [2.45, 2.75) is 44.8 Å². The second-order valence-electron chi connectivity index (χ2n) is 6.95. The molecule has 0 bridgehead atoms. The third-order valence-electron chi connectivity index (χ3n) is 4.66. The van der Waals surface area contributed by atoms with E-state index in [1.165, 1.54) is 0 Å². The number of rotatable bonds is 6. The van der Waals surface area contributed by atoms with Gasteiger partial charge in [-0.05, 0) is 36.5 Å². The lowest BCUT2D eigenvalue weighted by molar-refractivity contribution is 0.0234. The average Bonchev–Trinajstić information content (AvgIpc) is 2.63. The van der Waals surface area contributed by atoms with Crippen LogP contribution in [-0.2, 0) is 0 Å². The molecule has 0 spiro atoms. The number of amides is 1. The summed E-state index contributed by atoms with van der Waals surface area (Å²) in [5.41, 5.74) is 1.19. The van der Waals surface area contributed by atoms with E-state index in [2.05, 4.69) is 20.3 Å². The molecule has 1 fully saturated rings. The molecule has 0 radical (unpaired) electrons. The fourth-order valence-corrected chi connectivity index (χ4v) is 3.09. The predicted molar refractivity (Wildman–Crippen MR) is 95.8 cm³/mol. The fourth-order valence-electron chi connectivity index (χ4n) is 3.09. The van der Waals surface area contributed by atoms with Gasteiger partial charge in [-0.1, -0.05) is 13.8 Å². The van der Waals surface area contributed by atoms with Crippen LogP contribution in [0.15, 0.2) is 30.7 Å². The number of hydrogen-bond donors (Lipinski definition) is 2. The summed E-state index contributed by atoms with van der Waals surface area (Å²) in [6, 6.07) is 3.21. The topological polar surface area (TPSA) is 97.2 Å². The highest BCUT2D eigenvalue weighted by molar-refractivity contribution is 5.92. The van der Waals surface area contributed by atoms with Gasteiger partial charge in [0.15, 0.2) is 0 Å². The molecule has 2 heterocycles. The summed E-state index contributed by atoms with van der Waals surface area (Å²) >= 11 is 0. The average molecular weight is 356 g/mol. The van der Waals surface area contributed by atoms with Crippen molar-refractivity contribution in [2.75, 3.05) is 7.11 Å². The van der Waals surface area contributed by atoms with Crippen molar-refractivity contribution >= 4 is 5.91 Å². The molecule has 1 atom stereocenters. The van der Waals surface area contributed by atoms with Crippen LogP contribution in [-0.4, -0.2) is 39.2 Å². The number of methoxy groups -OCH3 is 1. The maximum Gasteiger partial charge on any atom is 0.270 e. The van der Waals surface area contributed by atoms with Crippen molar-refractivity contribution in [1.82, 2.24) is 20.3 Å². The number of hydrogen-bond acceptors (Lipinski definition) is 6. The van der Waals surface area contributed by atoms with Crippen molar-refractivity contribution in [2.24, 2.45) is 5.92 Å². The standard InChI is InChI=1S/C19H24N4O3/c1-11(2)18-21-5-4-16(22-18)19(25)23-17(12-6-14(24)7-12)13-8-15(26-3)10-20-9-13/h4-5,8-12,14,17,24H,6-7H2,1-3H3,(H,23,25)/t12?,14?,17-/m1/s1. The molecule has 0 aromatic carbocycles. The molecule has 1 aliphatic carbocycles. The number of carbonyl (C=O) groups excluding carboxylic acids is 1. The van der Waals surface area contributed by atoms with Crippen LogP contribution in [0.4, 0.5) is 0 Å². The number of ether oxygens (including phenoxy) is 1. The highest BCUT2D eigenvalue weighted by Crippen LogP contribution is 2.38. The Morgan fingerprint density at radius 3 is 2.77 bits per heavy atom. The zero-order valence-electron chi connectivity index (χ0n) is 15.2. The molecule has 26 heavy (non-hydrogen) atoms. The number of carbonyl (C=O) groups is 1. The first-order valence-electron chi connectivity index (χ1n) is 8.78. The first-order valence-corrected chi connectivity index (χ1v) is 8.78. The zero-order chi connectivity index (χ0) is 18.7. The van der Waals surface area contributed by atoms with Crippen LogP contribution in [0.2, 0.25) is 0 Å². The Hall–Kier alpha value is -2.54. The number of nitrogens with zero attached hydrogens (tertiary/aromatic N) is 3. The molecule has 2 aromatic heterocycles. The number of aliphatic hydroxyl groups is 1. The summed E-state index contributed by atoms with van der Waals surface area (Å²) in [5.74, 6) is 1.29. The van der Waals surface area contributed by atoms with Crippen LogP contribution < -0.4 is 10.1 Å². The molecule has 138 valence electrons. The molecule has 7 nitrogen and oxygen atoms in total. The normalized spacial score (nSPS) is 20.3. The number of aromatic nitrogens is 3. The number of nitrogens with one attached hydrogen (secondary N) is 1. The van der Waals surface area contributed by atoms with Gasteiger partial charge in [0.2, 0.25) is 0 Å². The maximum atomic E-state index is 12.8. The molecule has 2 aromatic rings. The molecule has 0 unspecified atom stereocenters. The largest absolute Gasteiger partial charge is 0.495 e. The smallest absolute Gasteiger partial charge is 0.270 e. The van der Waals surface area contributed by atoms with Gasteiger partial charge in [0.05, 0.1) is 25.5 Å². The van der Waals surface area contributed by atoms with Crippen molar-refractivity contribution in [1.29, 1.82) is 0 Å². The third-order valence-corrected chi connectivity index (χ3v) is 4.66. The van der Waals surface area contributed by atoms with Crippen molar-refractivity contribution in [3.63, 3.8) is 0 Å². The van der Waals surface area contributed by atoms with E-state index in [0.717, 1.165) is 5.56 Å². The molecule has 7 heteroatoms. The van der Waals surface area contributed by atoms with Crippen LogP contribution in [0.1, 0.15) is 60.5 Å². The van der Waals surface area contributed by atoms with Crippen LogP contribution in [0, 0.1) is 5.92 Å². The minimum atomic E-state index is -0.315. The summed E-state index contributed by atoms with van der Waals surface area (Å²) < 4.78 is 5.24. The minimum absolute atomic E-state index is 0.142. The van der Waals surface area contributed by atoms with Crippen LogP contribution >= 0.6 is 0 Å². The third kappa shape index (κ3) is 3.99. The first kappa shape index (κ1) is 18.3. The second kappa shape index (κ2) is 7.78. The van der Waals surface area contributed by atoms with Crippen molar-refractivity contribution in [3.05, 3.63) is 47.8 Å². The van der Waals surface area contributed by atoms with Crippen LogP contribution in [0.3, 0.4) is 0 Å². The molecule has 0 aliphatic heterocycles. The summed E-state index contributed by atoms with van der Waals surface area (Å²) in [5, 5.41) is 12.7. The highest BCUT2D eigenvalue weighted by atomic mass is 16.5. The molecule has 1 saturated carbocycles. The molecule has 1 aliphatic rings. The summed E-state index contributed by atoms with van der Waals surface area (Å²) in [6.07, 6.45) is 5.91. The summed E-state index contributed by atoms with van der Waals surface area (Å²) in [6.45, 7) is 3.97. The van der Waals surface area contributed by atoms with Crippen molar-refractivity contribution in [3.8, 4) is 5.75 Å². The van der Waals surface area contributed by atoms with E-state index in [9.17, 15) is 9.90 Å². The fraction of sp³-hybridized carbons (Fsp3) is 0.474. The lowest BCUT2D eigenvalue weighted by Gasteiger charge is -2.38. The highest BCUT2D eigenvalue weighted by Gasteiger charge is 2.36. The number of aliphatic hydroxyl groups excluding tert-OH is 1. The molecule has 3 rings (SSSR count). The molecule has 2 N–H and O–H groups in total. The maximum absolute atomic E-state index is 12.8. The Balaban J connectivity index is 1.83. The van der Waals surface area contributed by atoms with E-state index in [0.29, 0.717) is 30.1 Å². The summed E-state index contributed by atoms with van der Waals surface area (Å²) in [4.78, 5) is 25.5. The van der Waals surface area contributed by atoms with Crippen LogP contribution in [0.25, 0.3) is 0 Å². The van der Waals surface area contributed by atoms with Gasteiger partial charge in [0.25, 0.3) is 5.91 Å². The van der Waals surface area contributed by atoms with Gasteiger partial charge in [0, 0.05) is 18.3 Å². The Kier molecular flexibility index (Phi) is 5.46. The van der Waals surface area contributed by atoms with Gasteiger partial charge in [-0.15, -0.1) is 0 Å². The van der Waals surface area contributed by atoms with Gasteiger partial charge in [-0.2, -0.15) is 0 Å². The van der Waals surface area contributed by atoms with Gasteiger partial charge in [-0.25, -0.2) is 9.97 Å². The quantitative estimate of drug-likeness (QED) is 0.824. The van der Waals surface area contributed by atoms with Gasteiger partial charge < -0.3 is 15.2 Å². The Labute approximate surface area is 152 Å². The second-order valence-corrected chi connectivity index (χ2v) is 6.95. The lowest BCUT2D eigenvalue weighted by atomic mass is 9.75. The van der Waals surface area contributed by atoms with Gasteiger partial charge >= 0.3 is 0 Å². The van der Waals surface area contributed by atoms with Crippen molar-refractivity contribution < 1.29 is 14.6 Å². The van der Waals surface area contributed by atoms with Gasteiger partial charge in [-0.3, -0.25) is 9.78 Å². The van der Waals surface area contributed by atoms with E-state index < -0.39 is 0 Å². The van der Waals surface area contributed by atoms with E-state index >= 15 is 0 Å². The molecular weight excluding hydrogens is 332 g/mol. The van der Waals surface area contributed by atoms with E-state index in [1.807, 2.05) is 19.9 Å².